The summed E-state index contributed by atoms with van der Waals surface area (Å²) in [5, 5.41) is 34.9. The summed E-state index contributed by atoms with van der Waals surface area (Å²) in [5.74, 6) is -0.313. The van der Waals surface area contributed by atoms with Gasteiger partial charge in [-0.2, -0.15) is 5.12 Å². The maximum Gasteiger partial charge on any atom is 0.333 e. The van der Waals surface area contributed by atoms with E-state index in [-0.39, 0.29) is 18.1 Å². The van der Waals surface area contributed by atoms with Crippen molar-refractivity contribution in [1.29, 1.82) is 0 Å². The Bertz CT molecular complexity index is 1830. The summed E-state index contributed by atoms with van der Waals surface area (Å²) >= 11 is 0. The van der Waals surface area contributed by atoms with E-state index in [0.717, 1.165) is 33.5 Å². The van der Waals surface area contributed by atoms with Crippen molar-refractivity contribution in [2.24, 2.45) is 0 Å². The highest BCUT2D eigenvalue weighted by Gasteiger charge is 2.40. The van der Waals surface area contributed by atoms with Crippen LogP contribution in [0.5, 0.6) is 11.5 Å². The molecule has 0 saturated carbocycles. The van der Waals surface area contributed by atoms with Crippen LogP contribution in [0.25, 0.3) is 16.7 Å². The fourth-order valence-corrected chi connectivity index (χ4v) is 5.18. The van der Waals surface area contributed by atoms with Gasteiger partial charge in [-0.3, -0.25) is 10.4 Å². The van der Waals surface area contributed by atoms with E-state index in [2.05, 4.69) is 41.1 Å². The lowest BCUT2D eigenvalue weighted by molar-refractivity contribution is -0.138. The standard InChI is InChI=1S/C33H32N6O4/c1-21(2)32(42)43-18-17-22-13-15-31(41)29(19-22)39-36-26-11-7-8-12-27(26)37(39)33(3,4)23-14-16-30(40)28(20-23)38-34-24-9-5-6-10-25(24)35-38/h5-16,19-20,36,40-41H,1,17-18H2,2-4H3. The van der Waals surface area contributed by atoms with Gasteiger partial charge in [0.2, 0.25) is 0 Å². The molecule has 1 aliphatic heterocycles. The number of nitrogens with one attached hydrogen (secondary N) is 1. The van der Waals surface area contributed by atoms with Crippen LogP contribution in [0.15, 0.2) is 97.1 Å². The van der Waals surface area contributed by atoms with Crippen LogP contribution in [0.1, 0.15) is 31.9 Å². The first-order valence-electron chi connectivity index (χ1n) is 13.9. The molecule has 0 radical (unpaired) electrons. The molecule has 1 aromatic heterocycles. The zero-order chi connectivity index (χ0) is 30.3. The molecule has 4 aromatic carbocycles. The van der Waals surface area contributed by atoms with E-state index >= 15 is 0 Å². The van der Waals surface area contributed by atoms with E-state index < -0.39 is 11.5 Å². The third-order valence-electron chi connectivity index (χ3n) is 7.51. The quantitative estimate of drug-likeness (QED) is 0.151. The maximum atomic E-state index is 11.8. The Kier molecular flexibility index (Phi) is 6.89. The number of fused-ring (bicyclic) bond motifs is 2. The summed E-state index contributed by atoms with van der Waals surface area (Å²) in [5.41, 5.74) is 8.97. The normalized spacial score (nSPS) is 12.7. The Labute approximate surface area is 249 Å². The lowest BCUT2D eigenvalue weighted by Crippen LogP contribution is -2.52. The van der Waals surface area contributed by atoms with Crippen LogP contribution in [0.2, 0.25) is 0 Å². The van der Waals surface area contributed by atoms with Crippen molar-refractivity contribution in [1.82, 2.24) is 15.0 Å². The maximum absolute atomic E-state index is 11.8. The van der Waals surface area contributed by atoms with Crippen molar-refractivity contribution in [3.05, 3.63) is 108 Å². The SMILES string of the molecule is C=C(C)C(=O)OCCc1ccc(O)c(N2Nc3ccccc3N2C(C)(C)c2ccc(O)c(-n3nc4ccccc4n3)c2)c1. The van der Waals surface area contributed by atoms with E-state index in [1.54, 1.807) is 25.1 Å². The average Bonchev–Trinajstić information content (AvgIpc) is 3.60. The second-order valence-corrected chi connectivity index (χ2v) is 11.0. The van der Waals surface area contributed by atoms with E-state index in [4.69, 9.17) is 4.74 Å². The van der Waals surface area contributed by atoms with Gasteiger partial charge in [-0.15, -0.1) is 15.0 Å². The number of aromatic nitrogens is 3. The van der Waals surface area contributed by atoms with Crippen LogP contribution in [0, 0.1) is 0 Å². The highest BCUT2D eigenvalue weighted by atomic mass is 16.5. The minimum Gasteiger partial charge on any atom is -0.506 e. The number of hydrogen-bond donors (Lipinski definition) is 3. The third-order valence-corrected chi connectivity index (χ3v) is 7.51. The molecule has 218 valence electrons. The fourth-order valence-electron chi connectivity index (χ4n) is 5.18. The average molecular weight is 577 g/mol. The number of para-hydroxylation sites is 2. The number of esters is 1. The predicted octanol–water partition coefficient (Wildman–Crippen LogP) is 6.00. The number of nitrogens with zero attached hydrogens (tertiary/aromatic N) is 5. The number of rotatable bonds is 8. The van der Waals surface area contributed by atoms with E-state index in [1.807, 2.05) is 71.8 Å². The number of benzene rings is 4. The lowest BCUT2D eigenvalue weighted by Gasteiger charge is -2.43. The van der Waals surface area contributed by atoms with Gasteiger partial charge in [0, 0.05) is 12.0 Å². The van der Waals surface area contributed by atoms with E-state index in [9.17, 15) is 15.0 Å². The summed E-state index contributed by atoms with van der Waals surface area (Å²) in [4.78, 5) is 13.3. The molecule has 0 aliphatic carbocycles. The highest BCUT2D eigenvalue weighted by Crippen LogP contribution is 2.46. The van der Waals surface area contributed by atoms with Crippen molar-refractivity contribution in [2.45, 2.75) is 32.7 Å². The number of carbonyl (C=O) groups is 1. The van der Waals surface area contributed by atoms with Crippen LogP contribution in [-0.4, -0.2) is 37.8 Å². The molecular weight excluding hydrogens is 544 g/mol. The number of hydrazine groups is 2. The number of anilines is 3. The Morgan fingerprint density at radius 2 is 1.53 bits per heavy atom. The third kappa shape index (κ3) is 5.07. The van der Waals surface area contributed by atoms with Crippen LogP contribution >= 0.6 is 0 Å². The molecule has 0 bridgehead atoms. The number of carbonyl (C=O) groups excluding carboxylic acids is 1. The van der Waals surface area contributed by atoms with Gasteiger partial charge in [-0.05, 0) is 80.4 Å². The zero-order valence-corrected chi connectivity index (χ0v) is 24.2. The van der Waals surface area contributed by atoms with Gasteiger partial charge in [-0.1, -0.05) is 43.0 Å². The molecule has 10 heteroatoms. The second kappa shape index (κ2) is 10.7. The van der Waals surface area contributed by atoms with Crippen molar-refractivity contribution in [3.63, 3.8) is 0 Å². The lowest BCUT2D eigenvalue weighted by atomic mass is 9.92. The molecule has 2 heterocycles. The number of phenols is 2. The number of phenolic OH excluding ortho intramolecular Hbond substituents is 2. The topological polar surface area (TPSA) is 116 Å². The number of hydrogen-bond acceptors (Lipinski definition) is 9. The highest BCUT2D eigenvalue weighted by molar-refractivity contribution is 5.87. The van der Waals surface area contributed by atoms with Crippen molar-refractivity contribution in [2.75, 3.05) is 22.2 Å². The molecule has 0 saturated heterocycles. The Morgan fingerprint density at radius 1 is 0.884 bits per heavy atom. The van der Waals surface area contributed by atoms with Gasteiger partial charge < -0.3 is 14.9 Å². The first kappa shape index (κ1) is 27.6. The van der Waals surface area contributed by atoms with Gasteiger partial charge in [0.25, 0.3) is 0 Å². The largest absolute Gasteiger partial charge is 0.506 e. The fraction of sp³-hybridized carbons (Fsp3) is 0.182. The summed E-state index contributed by atoms with van der Waals surface area (Å²) in [7, 11) is 0. The number of aromatic hydroxyl groups is 2. The van der Waals surface area contributed by atoms with Gasteiger partial charge in [0.1, 0.15) is 33.9 Å². The van der Waals surface area contributed by atoms with Crippen LogP contribution in [0.3, 0.4) is 0 Å². The molecule has 43 heavy (non-hydrogen) atoms. The summed E-state index contributed by atoms with van der Waals surface area (Å²) in [6.45, 7) is 9.54. The molecule has 0 unspecified atom stereocenters. The van der Waals surface area contributed by atoms with E-state index in [1.165, 1.54) is 4.80 Å². The molecule has 3 N–H and O–H groups in total. The predicted molar refractivity (Wildman–Crippen MR) is 166 cm³/mol. The monoisotopic (exact) mass is 576 g/mol. The van der Waals surface area contributed by atoms with Gasteiger partial charge in [0.15, 0.2) is 0 Å². The second-order valence-electron chi connectivity index (χ2n) is 11.0. The smallest absolute Gasteiger partial charge is 0.333 e. The first-order valence-corrected chi connectivity index (χ1v) is 13.9. The van der Waals surface area contributed by atoms with Gasteiger partial charge >= 0.3 is 5.97 Å². The molecule has 0 spiro atoms. The van der Waals surface area contributed by atoms with Crippen molar-refractivity contribution < 1.29 is 19.7 Å². The molecule has 0 fully saturated rings. The Balaban J connectivity index is 1.38. The van der Waals surface area contributed by atoms with Crippen molar-refractivity contribution >= 4 is 34.1 Å². The minimum absolute atomic E-state index is 0.0503. The zero-order valence-electron chi connectivity index (χ0n) is 24.2. The molecule has 5 aromatic rings. The Morgan fingerprint density at radius 3 is 2.26 bits per heavy atom. The first-order chi connectivity index (χ1) is 20.6. The molecule has 0 atom stereocenters. The number of ether oxygens (including phenoxy) is 1. The summed E-state index contributed by atoms with van der Waals surface area (Å²) in [6, 6.07) is 26.1. The molecule has 1 aliphatic rings. The summed E-state index contributed by atoms with van der Waals surface area (Å²) in [6.07, 6.45) is 0.461. The van der Waals surface area contributed by atoms with Crippen molar-refractivity contribution in [3.8, 4) is 17.2 Å². The summed E-state index contributed by atoms with van der Waals surface area (Å²) < 4.78 is 5.29. The van der Waals surface area contributed by atoms with Gasteiger partial charge in [0.05, 0.1) is 23.5 Å². The minimum atomic E-state index is -0.714. The molecule has 0 amide bonds. The van der Waals surface area contributed by atoms with Gasteiger partial charge in [-0.25, -0.2) is 4.79 Å². The van der Waals surface area contributed by atoms with E-state index in [0.29, 0.717) is 23.4 Å². The van der Waals surface area contributed by atoms with Crippen LogP contribution in [-0.2, 0) is 21.5 Å². The molecule has 6 rings (SSSR count). The molecular formula is C33H32N6O4. The molecule has 10 nitrogen and oxygen atoms in total. The van der Waals surface area contributed by atoms with Crippen LogP contribution < -0.4 is 15.6 Å². The van der Waals surface area contributed by atoms with Crippen LogP contribution in [0.4, 0.5) is 17.1 Å². The Hall–Kier alpha value is -5.51.